The van der Waals surface area contributed by atoms with Crippen LogP contribution in [0.5, 0.6) is 0 Å². The van der Waals surface area contributed by atoms with Gasteiger partial charge in [-0.15, -0.1) is 11.3 Å². The van der Waals surface area contributed by atoms with E-state index in [0.717, 1.165) is 23.7 Å². The fraction of sp³-hybridized carbons (Fsp3) is 0.0909. The van der Waals surface area contributed by atoms with Crippen molar-refractivity contribution in [2.45, 2.75) is 8.68 Å². The summed E-state index contributed by atoms with van der Waals surface area (Å²) in [6, 6.07) is 3.51. The standard InChI is InChI=1S/C11H6Cl2N3OS3/c1-16(17)8-4-14-10(19-8)20-11-15-9-6(13)2-5(12)3-7(9)18-11/h2-4H,1H3/q+1. The predicted molar refractivity (Wildman–Crippen MR) is 85.1 cm³/mol. The average molecular weight is 363 g/mol. The van der Waals surface area contributed by atoms with E-state index >= 15 is 0 Å². The first-order valence-electron chi connectivity index (χ1n) is 5.33. The fourth-order valence-electron chi connectivity index (χ4n) is 1.50. The monoisotopic (exact) mass is 362 g/mol. The van der Waals surface area contributed by atoms with Crippen molar-refractivity contribution < 1.29 is 4.76 Å². The third kappa shape index (κ3) is 2.82. The van der Waals surface area contributed by atoms with Gasteiger partial charge in [0.1, 0.15) is 11.7 Å². The van der Waals surface area contributed by atoms with Gasteiger partial charge in [-0.3, -0.25) is 0 Å². The van der Waals surface area contributed by atoms with Crippen LogP contribution in [0, 0.1) is 4.91 Å². The molecule has 1 aromatic carbocycles. The summed E-state index contributed by atoms with van der Waals surface area (Å²) in [5, 5.41) is 1.69. The molecule has 0 radical (unpaired) electrons. The van der Waals surface area contributed by atoms with E-state index in [1.807, 2.05) is 6.07 Å². The molecule has 3 aromatic rings. The molecule has 0 amide bonds. The Morgan fingerprint density at radius 3 is 2.75 bits per heavy atom. The number of nitrogens with zero attached hydrogens (tertiary/aromatic N) is 3. The summed E-state index contributed by atoms with van der Waals surface area (Å²) in [6.07, 6.45) is 1.55. The number of nitroso groups, excluding NO2 is 1. The Balaban J connectivity index is 1.94. The molecule has 0 saturated heterocycles. The van der Waals surface area contributed by atoms with Crippen molar-refractivity contribution in [3.8, 4) is 0 Å². The Morgan fingerprint density at radius 1 is 1.25 bits per heavy atom. The molecule has 0 atom stereocenters. The van der Waals surface area contributed by atoms with Gasteiger partial charge in [0, 0.05) is 14.7 Å². The lowest BCUT2D eigenvalue weighted by atomic mass is 10.3. The Kier molecular flexibility index (Phi) is 3.96. The molecule has 0 aliphatic heterocycles. The second-order valence-corrected chi connectivity index (χ2v) is 8.16. The summed E-state index contributed by atoms with van der Waals surface area (Å²) in [4.78, 5) is 19.8. The Bertz CT molecular complexity index is 814. The highest BCUT2D eigenvalue weighted by Crippen LogP contribution is 2.40. The highest BCUT2D eigenvalue weighted by atomic mass is 35.5. The minimum Gasteiger partial charge on any atom is -0.230 e. The fourth-order valence-corrected chi connectivity index (χ4v) is 5.32. The van der Waals surface area contributed by atoms with E-state index < -0.39 is 0 Å². The van der Waals surface area contributed by atoms with E-state index in [-0.39, 0.29) is 0 Å². The van der Waals surface area contributed by atoms with Crippen LogP contribution in [-0.2, 0) is 0 Å². The van der Waals surface area contributed by atoms with Gasteiger partial charge in [-0.1, -0.05) is 23.2 Å². The maximum atomic E-state index is 11.2. The number of hydrogen-bond donors (Lipinski definition) is 0. The van der Waals surface area contributed by atoms with Crippen LogP contribution in [0.3, 0.4) is 0 Å². The van der Waals surface area contributed by atoms with Crippen molar-refractivity contribution in [3.63, 3.8) is 0 Å². The summed E-state index contributed by atoms with van der Waals surface area (Å²) >= 11 is 16.3. The Hall–Kier alpha value is -0.730. The topological polar surface area (TPSA) is 45.9 Å². The molecule has 0 spiro atoms. The number of hydrogen-bond acceptors (Lipinski definition) is 6. The molecule has 102 valence electrons. The van der Waals surface area contributed by atoms with Gasteiger partial charge in [-0.25, -0.2) is 9.97 Å². The van der Waals surface area contributed by atoms with Crippen LogP contribution in [0.1, 0.15) is 0 Å². The van der Waals surface area contributed by atoms with Crippen LogP contribution in [-0.4, -0.2) is 21.8 Å². The molecule has 3 rings (SSSR count). The van der Waals surface area contributed by atoms with Gasteiger partial charge in [0.15, 0.2) is 15.7 Å². The van der Waals surface area contributed by atoms with Gasteiger partial charge in [0.25, 0.3) is 0 Å². The van der Waals surface area contributed by atoms with Gasteiger partial charge in [-0.2, -0.15) is 0 Å². The normalized spacial score (nSPS) is 11.2. The van der Waals surface area contributed by atoms with Crippen LogP contribution in [0.2, 0.25) is 10.0 Å². The number of thiazole rings is 2. The maximum absolute atomic E-state index is 11.2. The second kappa shape index (κ2) is 5.57. The molecule has 0 aliphatic rings. The quantitative estimate of drug-likeness (QED) is 0.596. The lowest BCUT2D eigenvalue weighted by Crippen LogP contribution is -1.84. The number of aromatic nitrogens is 2. The molecule has 0 saturated carbocycles. The Labute approximate surface area is 136 Å². The summed E-state index contributed by atoms with van der Waals surface area (Å²) in [5.41, 5.74) is 0.737. The molecule has 0 fully saturated rings. The van der Waals surface area contributed by atoms with Crippen molar-refractivity contribution in [2.75, 3.05) is 7.05 Å². The van der Waals surface area contributed by atoms with E-state index in [4.69, 9.17) is 23.2 Å². The van der Waals surface area contributed by atoms with Gasteiger partial charge in [0.2, 0.25) is 0 Å². The molecule has 0 N–H and O–H groups in total. The molecular formula is C11H6Cl2N3OS3+. The summed E-state index contributed by atoms with van der Waals surface area (Å²) < 4.78 is 3.31. The lowest BCUT2D eigenvalue weighted by molar-refractivity contribution is -0.424. The smallest absolute Gasteiger partial charge is 0.230 e. The van der Waals surface area contributed by atoms with Gasteiger partial charge >= 0.3 is 5.00 Å². The zero-order chi connectivity index (χ0) is 14.3. The predicted octanol–water partition coefficient (Wildman–Crippen LogP) is 5.25. The SMILES string of the molecule is C[N+](=O)c1cnc(Sc2nc3c(Cl)cc(Cl)cc3s2)s1. The highest BCUT2D eigenvalue weighted by Gasteiger charge is 2.16. The minimum absolute atomic E-state index is 0.537. The van der Waals surface area contributed by atoms with Gasteiger partial charge in [-0.05, 0) is 35.2 Å². The summed E-state index contributed by atoms with van der Waals surface area (Å²) in [7, 11) is 1.45. The molecule has 0 aliphatic carbocycles. The van der Waals surface area contributed by atoms with Crippen molar-refractivity contribution >= 4 is 72.9 Å². The van der Waals surface area contributed by atoms with Crippen LogP contribution in [0.4, 0.5) is 5.00 Å². The zero-order valence-corrected chi connectivity index (χ0v) is 13.9. The second-order valence-electron chi connectivity index (χ2n) is 3.78. The van der Waals surface area contributed by atoms with Crippen LogP contribution < -0.4 is 0 Å². The molecule has 4 nitrogen and oxygen atoms in total. The summed E-state index contributed by atoms with van der Waals surface area (Å²) in [5.74, 6) is 0. The average Bonchev–Trinajstić information content (AvgIpc) is 2.96. The lowest BCUT2D eigenvalue weighted by Gasteiger charge is -1.92. The van der Waals surface area contributed by atoms with Crippen molar-refractivity contribution in [1.29, 1.82) is 0 Å². The van der Waals surface area contributed by atoms with Gasteiger partial charge < -0.3 is 0 Å². The third-order valence-electron chi connectivity index (χ3n) is 2.35. The molecule has 0 unspecified atom stereocenters. The molecule has 9 heteroatoms. The maximum Gasteiger partial charge on any atom is 0.331 e. The van der Waals surface area contributed by atoms with Crippen molar-refractivity contribution in [3.05, 3.63) is 33.3 Å². The first kappa shape index (κ1) is 14.2. The minimum atomic E-state index is 0.537. The molecule has 2 heterocycles. The van der Waals surface area contributed by atoms with E-state index in [1.165, 1.54) is 41.5 Å². The third-order valence-corrected chi connectivity index (χ3v) is 6.05. The van der Waals surface area contributed by atoms with Crippen LogP contribution in [0.25, 0.3) is 10.2 Å². The first-order valence-corrected chi connectivity index (χ1v) is 8.53. The van der Waals surface area contributed by atoms with E-state index in [0.29, 0.717) is 15.0 Å². The largest absolute Gasteiger partial charge is 0.331 e. The number of rotatable bonds is 3. The van der Waals surface area contributed by atoms with Gasteiger partial charge in [0.05, 0.1) is 9.72 Å². The van der Waals surface area contributed by atoms with Crippen molar-refractivity contribution in [2.24, 2.45) is 0 Å². The molecule has 2 aromatic heterocycles. The molecule has 0 bridgehead atoms. The number of fused-ring (bicyclic) bond motifs is 1. The van der Waals surface area contributed by atoms with Crippen LogP contribution >= 0.6 is 57.6 Å². The Morgan fingerprint density at radius 2 is 2.05 bits per heavy atom. The van der Waals surface area contributed by atoms with E-state index in [1.54, 1.807) is 12.3 Å². The van der Waals surface area contributed by atoms with Crippen molar-refractivity contribution in [1.82, 2.24) is 9.97 Å². The van der Waals surface area contributed by atoms with E-state index in [9.17, 15) is 4.91 Å². The molecule has 20 heavy (non-hydrogen) atoms. The molecular weight excluding hydrogens is 357 g/mol. The first-order chi connectivity index (χ1) is 9.52. The van der Waals surface area contributed by atoms with E-state index in [2.05, 4.69) is 9.97 Å². The summed E-state index contributed by atoms with van der Waals surface area (Å²) in [6.45, 7) is 0. The highest BCUT2D eigenvalue weighted by molar-refractivity contribution is 8.02. The number of halogens is 2. The zero-order valence-electron chi connectivity index (χ0n) is 9.96. The van der Waals surface area contributed by atoms with Crippen LogP contribution in [0.15, 0.2) is 27.0 Å². The number of benzene rings is 1.